The second-order valence-corrected chi connectivity index (χ2v) is 6.81. The summed E-state index contributed by atoms with van der Waals surface area (Å²) in [4.78, 5) is 0.0152. The molecule has 0 fully saturated rings. The average Bonchev–Trinajstić information content (AvgIpc) is 2.98. The summed E-state index contributed by atoms with van der Waals surface area (Å²) < 4.78 is 32.0. The van der Waals surface area contributed by atoms with Crippen molar-refractivity contribution >= 4 is 38.9 Å². The van der Waals surface area contributed by atoms with Gasteiger partial charge in [-0.25, -0.2) is 8.42 Å². The molecule has 0 saturated heterocycles. The van der Waals surface area contributed by atoms with E-state index in [-0.39, 0.29) is 33.9 Å². The molecule has 0 aliphatic rings. The van der Waals surface area contributed by atoms with Crippen LogP contribution >= 0.6 is 0 Å². The highest BCUT2D eigenvalue weighted by atomic mass is 32.2. The number of azo groups is 1. The first-order chi connectivity index (χ1) is 12.9. The predicted molar refractivity (Wildman–Crippen MR) is 97.4 cm³/mol. The smallest absolute Gasteiger partial charge is 0.263 e. The van der Waals surface area contributed by atoms with Crippen molar-refractivity contribution in [1.82, 2.24) is 20.4 Å². The fourth-order valence-corrected chi connectivity index (χ4v) is 2.95. The molecular weight excluding hydrogens is 374 g/mol. The number of hydrogen-bond donors (Lipinski definition) is 4. The van der Waals surface area contributed by atoms with Gasteiger partial charge in [-0.2, -0.15) is 10.2 Å². The van der Waals surface area contributed by atoms with Gasteiger partial charge in [-0.1, -0.05) is 0 Å². The van der Waals surface area contributed by atoms with Gasteiger partial charge >= 0.3 is 0 Å². The molecule has 2 heterocycles. The van der Waals surface area contributed by atoms with Crippen molar-refractivity contribution in [2.75, 3.05) is 23.3 Å². The molecule has 6 N–H and O–H groups in total. The lowest BCUT2D eigenvalue weighted by molar-refractivity contribution is 0.392. The molecule has 0 saturated carbocycles. The van der Waals surface area contributed by atoms with Gasteiger partial charge in [-0.3, -0.25) is 9.82 Å². The Morgan fingerprint density at radius 2 is 1.81 bits per heavy atom. The van der Waals surface area contributed by atoms with Gasteiger partial charge in [-0.05, 0) is 30.3 Å². The third kappa shape index (κ3) is 4.09. The van der Waals surface area contributed by atoms with Crippen LogP contribution < -0.4 is 20.9 Å². The molecule has 1 aromatic carbocycles. The van der Waals surface area contributed by atoms with Crippen LogP contribution in [0.15, 0.2) is 51.5 Å². The number of H-pyrrole nitrogens is 1. The number of nitrogen functional groups attached to an aromatic ring is 2. The van der Waals surface area contributed by atoms with Crippen LogP contribution in [0.1, 0.15) is 0 Å². The number of methoxy groups -OCH3 is 1. The van der Waals surface area contributed by atoms with Crippen LogP contribution in [0.25, 0.3) is 0 Å². The lowest BCUT2D eigenvalue weighted by Crippen LogP contribution is -2.14. The third-order valence-electron chi connectivity index (χ3n) is 3.30. The summed E-state index contributed by atoms with van der Waals surface area (Å²) in [6, 6.07) is 8.62. The molecule has 3 aromatic rings. The highest BCUT2D eigenvalue weighted by molar-refractivity contribution is 7.92. The summed E-state index contributed by atoms with van der Waals surface area (Å²) in [5, 5.41) is 21.4. The van der Waals surface area contributed by atoms with E-state index < -0.39 is 10.0 Å². The van der Waals surface area contributed by atoms with Gasteiger partial charge in [0.25, 0.3) is 10.0 Å². The molecule has 0 spiro atoms. The molecule has 12 nitrogen and oxygen atoms in total. The first kappa shape index (κ1) is 18.1. The minimum atomic E-state index is -3.84. The van der Waals surface area contributed by atoms with Gasteiger partial charge < -0.3 is 16.2 Å². The maximum absolute atomic E-state index is 12.4. The predicted octanol–water partition coefficient (Wildman–Crippen LogP) is 1.59. The molecule has 0 radical (unpaired) electrons. The zero-order chi connectivity index (χ0) is 19.4. The van der Waals surface area contributed by atoms with Crippen molar-refractivity contribution in [1.29, 1.82) is 0 Å². The molecule has 0 aliphatic heterocycles. The van der Waals surface area contributed by atoms with E-state index in [0.717, 1.165) is 0 Å². The second-order valence-electron chi connectivity index (χ2n) is 5.13. The van der Waals surface area contributed by atoms with E-state index in [0.29, 0.717) is 5.69 Å². The molecular formula is C14H15N9O3S. The van der Waals surface area contributed by atoms with Crippen molar-refractivity contribution in [3.8, 4) is 5.88 Å². The zero-order valence-corrected chi connectivity index (χ0v) is 14.8. The number of sulfonamides is 1. The summed E-state index contributed by atoms with van der Waals surface area (Å²) in [6.07, 6.45) is 0. The summed E-state index contributed by atoms with van der Waals surface area (Å²) in [5.74, 6) is 0.623. The van der Waals surface area contributed by atoms with Gasteiger partial charge in [0.2, 0.25) is 5.88 Å². The van der Waals surface area contributed by atoms with Gasteiger partial charge in [0.1, 0.15) is 5.82 Å². The number of benzene rings is 1. The first-order valence-electron chi connectivity index (χ1n) is 7.40. The molecule has 0 unspecified atom stereocenters. The van der Waals surface area contributed by atoms with Crippen molar-refractivity contribution in [3.05, 3.63) is 36.4 Å². The van der Waals surface area contributed by atoms with E-state index >= 15 is 0 Å². The van der Waals surface area contributed by atoms with E-state index in [2.05, 4.69) is 35.3 Å². The lowest BCUT2D eigenvalue weighted by atomic mass is 10.3. The van der Waals surface area contributed by atoms with E-state index in [1.54, 1.807) is 0 Å². The fraction of sp³-hybridized carbons (Fsp3) is 0.0714. The topological polar surface area (TPSA) is 187 Å². The Morgan fingerprint density at radius 1 is 1.07 bits per heavy atom. The third-order valence-corrected chi connectivity index (χ3v) is 4.67. The van der Waals surface area contributed by atoms with Gasteiger partial charge in [-0.15, -0.1) is 15.3 Å². The number of hydrogen-bond acceptors (Lipinski definition) is 10. The van der Waals surface area contributed by atoms with Gasteiger partial charge in [0.15, 0.2) is 17.3 Å². The number of rotatable bonds is 6. The molecule has 2 aromatic heterocycles. The maximum Gasteiger partial charge on any atom is 0.263 e. The Labute approximate surface area is 153 Å². The normalized spacial score (nSPS) is 11.6. The molecule has 0 aliphatic carbocycles. The highest BCUT2D eigenvalue weighted by Crippen LogP contribution is 2.28. The van der Waals surface area contributed by atoms with Crippen molar-refractivity contribution < 1.29 is 13.2 Å². The monoisotopic (exact) mass is 389 g/mol. The standard InChI is InChI=1S/C14H15N9O3S/c1-26-11-7-6-10(18-19-11)23-27(24,25)9-4-2-8(3-5-9)17-20-12-13(15)21-22-14(12)16/h2-7H,1H3,(H,18,23)(H5,15,16,21,22)/b20-17+. The minimum Gasteiger partial charge on any atom is -0.480 e. The van der Waals surface area contributed by atoms with E-state index in [9.17, 15) is 8.42 Å². The Morgan fingerprint density at radius 3 is 2.37 bits per heavy atom. The van der Waals surface area contributed by atoms with Crippen LogP contribution in [0.5, 0.6) is 5.88 Å². The van der Waals surface area contributed by atoms with E-state index in [1.807, 2.05) is 0 Å². The number of nitrogens with two attached hydrogens (primary N) is 2. The van der Waals surface area contributed by atoms with Crippen molar-refractivity contribution in [3.63, 3.8) is 0 Å². The summed E-state index contributed by atoms with van der Waals surface area (Å²) in [7, 11) is -2.41. The van der Waals surface area contributed by atoms with Crippen LogP contribution in [0, 0.1) is 0 Å². The molecule has 27 heavy (non-hydrogen) atoms. The van der Waals surface area contributed by atoms with E-state index in [4.69, 9.17) is 16.2 Å². The van der Waals surface area contributed by atoms with Crippen LogP contribution in [0.2, 0.25) is 0 Å². The SMILES string of the molecule is COc1ccc(NS(=O)(=O)c2ccc(/N=N/c3c(N)n[nH]c3N)cc2)nn1. The molecule has 0 atom stereocenters. The number of anilines is 3. The number of aromatic nitrogens is 4. The largest absolute Gasteiger partial charge is 0.480 e. The number of ether oxygens (including phenoxy) is 1. The minimum absolute atomic E-state index is 0.0152. The maximum atomic E-state index is 12.4. The number of aromatic amines is 1. The molecule has 3 rings (SSSR count). The van der Waals surface area contributed by atoms with Gasteiger partial charge in [0.05, 0.1) is 17.7 Å². The first-order valence-corrected chi connectivity index (χ1v) is 8.89. The molecule has 13 heteroatoms. The van der Waals surface area contributed by atoms with Crippen molar-refractivity contribution in [2.45, 2.75) is 4.90 Å². The number of nitrogens with zero attached hydrogens (tertiary/aromatic N) is 5. The Balaban J connectivity index is 1.75. The van der Waals surface area contributed by atoms with Crippen LogP contribution in [-0.2, 0) is 10.0 Å². The van der Waals surface area contributed by atoms with Crippen molar-refractivity contribution in [2.24, 2.45) is 10.2 Å². The summed E-state index contributed by atoms with van der Waals surface area (Å²) in [5.41, 5.74) is 11.8. The van der Waals surface area contributed by atoms with Crippen LogP contribution in [0.4, 0.5) is 28.8 Å². The second kappa shape index (κ2) is 7.25. The van der Waals surface area contributed by atoms with E-state index in [1.165, 1.54) is 43.5 Å². The zero-order valence-electron chi connectivity index (χ0n) is 14.0. The average molecular weight is 389 g/mol. The Kier molecular flexibility index (Phi) is 4.85. The molecule has 140 valence electrons. The number of nitrogens with one attached hydrogen (secondary N) is 2. The van der Waals surface area contributed by atoms with Gasteiger partial charge in [0, 0.05) is 6.07 Å². The quantitative estimate of drug-likeness (QED) is 0.457. The fourth-order valence-electron chi connectivity index (χ4n) is 1.95. The Bertz CT molecular complexity index is 1040. The summed E-state index contributed by atoms with van der Waals surface area (Å²) >= 11 is 0. The Hall–Kier alpha value is -3.74. The highest BCUT2D eigenvalue weighted by Gasteiger charge is 2.15. The summed E-state index contributed by atoms with van der Waals surface area (Å²) in [6.45, 7) is 0. The molecule has 0 bridgehead atoms. The van der Waals surface area contributed by atoms with Crippen LogP contribution in [0.3, 0.4) is 0 Å². The molecule has 0 amide bonds. The lowest BCUT2D eigenvalue weighted by Gasteiger charge is -2.07. The van der Waals surface area contributed by atoms with Crippen LogP contribution in [-0.4, -0.2) is 35.9 Å².